The van der Waals surface area contributed by atoms with E-state index >= 15 is 0 Å². The van der Waals surface area contributed by atoms with Gasteiger partial charge in [0.1, 0.15) is 17.7 Å². The Hall–Kier alpha value is -1.97. The normalized spacial score (nSPS) is 10.1. The first-order valence-electron chi connectivity index (χ1n) is 4.15. The highest BCUT2D eigenvalue weighted by molar-refractivity contribution is 5.60. The summed E-state index contributed by atoms with van der Waals surface area (Å²) in [4.78, 5) is 4.01. The molecule has 0 atom stereocenters. The summed E-state index contributed by atoms with van der Waals surface area (Å²) < 4.78 is 10.0. The van der Waals surface area contributed by atoms with Gasteiger partial charge in [0.25, 0.3) is 6.01 Å². The molecule has 72 valence electrons. The Labute approximate surface area is 81.3 Å². The molecule has 4 heteroatoms. The van der Waals surface area contributed by atoms with Gasteiger partial charge < -0.3 is 14.9 Å². The van der Waals surface area contributed by atoms with Gasteiger partial charge in [-0.3, -0.25) is 0 Å². The van der Waals surface area contributed by atoms with Gasteiger partial charge in [-0.05, 0) is 12.1 Å². The molecule has 0 unspecified atom stereocenters. The third-order valence-electron chi connectivity index (χ3n) is 1.89. The Bertz CT molecular complexity index is 437. The Kier molecular flexibility index (Phi) is 2.10. The van der Waals surface area contributed by atoms with Crippen LogP contribution in [-0.4, -0.2) is 12.1 Å². The molecule has 1 aromatic carbocycles. The summed E-state index contributed by atoms with van der Waals surface area (Å²) in [6, 6.07) is 7.71. The maximum absolute atomic E-state index is 5.38. The zero-order chi connectivity index (χ0) is 9.97. The van der Waals surface area contributed by atoms with Gasteiger partial charge >= 0.3 is 0 Å². The van der Waals surface area contributed by atoms with Crippen LogP contribution >= 0.6 is 0 Å². The second kappa shape index (κ2) is 3.41. The smallest absolute Gasteiger partial charge is 0.292 e. The van der Waals surface area contributed by atoms with Gasteiger partial charge in [-0.25, -0.2) is 0 Å². The second-order valence-corrected chi connectivity index (χ2v) is 2.80. The van der Waals surface area contributed by atoms with E-state index in [2.05, 4.69) is 4.98 Å². The Balaban J connectivity index is 2.41. The predicted molar refractivity (Wildman–Crippen MR) is 52.9 cm³/mol. The number of benzene rings is 1. The van der Waals surface area contributed by atoms with Crippen LogP contribution in [0.3, 0.4) is 0 Å². The molecular weight excluding hydrogens is 180 g/mol. The Morgan fingerprint density at radius 2 is 2.29 bits per heavy atom. The maximum Gasteiger partial charge on any atom is 0.292 e. The minimum Gasteiger partial charge on any atom is -0.497 e. The molecule has 0 amide bonds. The van der Waals surface area contributed by atoms with Gasteiger partial charge in [-0.2, -0.15) is 4.98 Å². The van der Waals surface area contributed by atoms with Crippen molar-refractivity contribution in [2.24, 2.45) is 0 Å². The number of nitrogens with two attached hydrogens (primary N) is 1. The van der Waals surface area contributed by atoms with Gasteiger partial charge in [-0.15, -0.1) is 0 Å². The van der Waals surface area contributed by atoms with Crippen molar-refractivity contribution < 1.29 is 9.15 Å². The third-order valence-corrected chi connectivity index (χ3v) is 1.89. The zero-order valence-electron chi connectivity index (χ0n) is 7.73. The molecule has 0 radical (unpaired) electrons. The molecule has 2 rings (SSSR count). The number of rotatable bonds is 2. The molecule has 0 fully saturated rings. The van der Waals surface area contributed by atoms with E-state index in [1.54, 1.807) is 7.11 Å². The summed E-state index contributed by atoms with van der Waals surface area (Å²) in [5, 5.41) is 0. The van der Waals surface area contributed by atoms with Crippen molar-refractivity contribution in [2.75, 3.05) is 12.8 Å². The van der Waals surface area contributed by atoms with Crippen LogP contribution in [0.1, 0.15) is 0 Å². The van der Waals surface area contributed by atoms with Crippen LogP contribution < -0.4 is 10.5 Å². The zero-order valence-corrected chi connectivity index (χ0v) is 7.73. The highest BCUT2D eigenvalue weighted by Gasteiger charge is 2.04. The maximum atomic E-state index is 5.38. The molecule has 2 N–H and O–H groups in total. The second-order valence-electron chi connectivity index (χ2n) is 2.80. The summed E-state index contributed by atoms with van der Waals surface area (Å²) in [5.41, 5.74) is 7.01. The largest absolute Gasteiger partial charge is 0.497 e. The van der Waals surface area contributed by atoms with Crippen LogP contribution in [0.5, 0.6) is 5.75 Å². The van der Waals surface area contributed by atoms with E-state index in [4.69, 9.17) is 14.9 Å². The fourth-order valence-corrected chi connectivity index (χ4v) is 1.20. The van der Waals surface area contributed by atoms with Crippen molar-refractivity contribution in [1.82, 2.24) is 4.98 Å². The van der Waals surface area contributed by atoms with Crippen molar-refractivity contribution in [2.45, 2.75) is 0 Å². The number of aromatic nitrogens is 1. The number of ether oxygens (including phenoxy) is 1. The number of nitrogen functional groups attached to an aromatic ring is 1. The molecule has 0 saturated carbocycles. The van der Waals surface area contributed by atoms with Gasteiger partial charge in [0, 0.05) is 5.56 Å². The van der Waals surface area contributed by atoms with Crippen molar-refractivity contribution in [3.63, 3.8) is 0 Å². The van der Waals surface area contributed by atoms with Crippen molar-refractivity contribution >= 4 is 6.01 Å². The highest BCUT2D eigenvalue weighted by Crippen LogP contribution is 2.23. The predicted octanol–water partition coefficient (Wildman–Crippen LogP) is 1.93. The van der Waals surface area contributed by atoms with E-state index in [9.17, 15) is 0 Å². The minimum atomic E-state index is 0.169. The summed E-state index contributed by atoms with van der Waals surface area (Å²) >= 11 is 0. The Morgan fingerprint density at radius 3 is 2.93 bits per heavy atom. The summed E-state index contributed by atoms with van der Waals surface area (Å²) in [6.45, 7) is 0. The highest BCUT2D eigenvalue weighted by atomic mass is 16.5. The number of nitrogens with zero attached hydrogens (tertiary/aromatic N) is 1. The van der Waals surface area contributed by atoms with E-state index in [1.807, 2.05) is 24.3 Å². The quantitative estimate of drug-likeness (QED) is 0.786. The van der Waals surface area contributed by atoms with Crippen LogP contribution in [0.4, 0.5) is 6.01 Å². The first-order valence-corrected chi connectivity index (χ1v) is 4.15. The SMILES string of the molecule is COc1cccc(-c2coc(N)n2)c1. The average molecular weight is 190 g/mol. The molecule has 0 bridgehead atoms. The lowest BCUT2D eigenvalue weighted by Crippen LogP contribution is -1.85. The van der Waals surface area contributed by atoms with Gasteiger partial charge in [0.05, 0.1) is 7.11 Å². The van der Waals surface area contributed by atoms with Gasteiger partial charge in [-0.1, -0.05) is 12.1 Å². The fourth-order valence-electron chi connectivity index (χ4n) is 1.20. The van der Waals surface area contributed by atoms with Crippen molar-refractivity contribution in [1.29, 1.82) is 0 Å². The minimum absolute atomic E-state index is 0.169. The van der Waals surface area contributed by atoms with Crippen molar-refractivity contribution in [3.8, 4) is 17.0 Å². The standard InChI is InChI=1S/C10H10N2O2/c1-13-8-4-2-3-7(5-8)9-6-14-10(11)12-9/h2-6H,1H3,(H2,11,12). The molecule has 14 heavy (non-hydrogen) atoms. The molecule has 0 aliphatic heterocycles. The number of hydrogen-bond donors (Lipinski definition) is 1. The molecule has 0 saturated heterocycles. The van der Waals surface area contributed by atoms with Gasteiger partial charge in [0.2, 0.25) is 0 Å². The fraction of sp³-hybridized carbons (Fsp3) is 0.100. The third kappa shape index (κ3) is 1.54. The number of hydrogen-bond acceptors (Lipinski definition) is 4. The molecule has 1 heterocycles. The number of methoxy groups -OCH3 is 1. The molecule has 2 aromatic rings. The average Bonchev–Trinajstić information content (AvgIpc) is 2.65. The lowest BCUT2D eigenvalue weighted by molar-refractivity contribution is 0.415. The molecule has 0 aliphatic rings. The molecule has 4 nitrogen and oxygen atoms in total. The monoisotopic (exact) mass is 190 g/mol. The molecule has 0 aliphatic carbocycles. The van der Waals surface area contributed by atoms with E-state index < -0.39 is 0 Å². The lowest BCUT2D eigenvalue weighted by atomic mass is 10.2. The first kappa shape index (κ1) is 8.62. The van der Waals surface area contributed by atoms with Crippen LogP contribution in [0.25, 0.3) is 11.3 Å². The van der Waals surface area contributed by atoms with E-state index in [0.29, 0.717) is 5.69 Å². The lowest BCUT2D eigenvalue weighted by Gasteiger charge is -2.00. The van der Waals surface area contributed by atoms with Crippen LogP contribution in [0.15, 0.2) is 34.9 Å². The van der Waals surface area contributed by atoms with E-state index in [-0.39, 0.29) is 6.01 Å². The van der Waals surface area contributed by atoms with Crippen LogP contribution in [0, 0.1) is 0 Å². The van der Waals surface area contributed by atoms with Gasteiger partial charge in [0.15, 0.2) is 0 Å². The molecule has 1 aromatic heterocycles. The van der Waals surface area contributed by atoms with Crippen LogP contribution in [0.2, 0.25) is 0 Å². The Morgan fingerprint density at radius 1 is 1.43 bits per heavy atom. The summed E-state index contributed by atoms with van der Waals surface area (Å²) in [6.07, 6.45) is 1.52. The van der Waals surface area contributed by atoms with E-state index in [1.165, 1.54) is 6.26 Å². The van der Waals surface area contributed by atoms with E-state index in [0.717, 1.165) is 11.3 Å². The summed E-state index contributed by atoms with van der Waals surface area (Å²) in [5.74, 6) is 0.782. The number of oxazole rings is 1. The number of anilines is 1. The topological polar surface area (TPSA) is 61.3 Å². The molecule has 0 spiro atoms. The molecular formula is C10H10N2O2. The summed E-state index contributed by atoms with van der Waals surface area (Å²) in [7, 11) is 1.62. The van der Waals surface area contributed by atoms with Crippen LogP contribution in [-0.2, 0) is 0 Å². The van der Waals surface area contributed by atoms with Crippen molar-refractivity contribution in [3.05, 3.63) is 30.5 Å². The first-order chi connectivity index (χ1) is 6.79.